The Kier molecular flexibility index (Phi) is 7.85. The van der Waals surface area contributed by atoms with Gasteiger partial charge < -0.3 is 9.47 Å². The number of hydrogen-bond acceptors (Lipinski definition) is 1. The summed E-state index contributed by atoms with van der Waals surface area (Å²) in [6, 6.07) is 79.0. The van der Waals surface area contributed by atoms with Crippen molar-refractivity contribution in [2.24, 2.45) is 0 Å². The van der Waals surface area contributed by atoms with Gasteiger partial charge in [0.15, 0.2) is 0 Å². The van der Waals surface area contributed by atoms with E-state index >= 15 is 0 Å². The van der Waals surface area contributed by atoms with Gasteiger partial charge in [-0.15, -0.1) is 0 Å². The summed E-state index contributed by atoms with van der Waals surface area (Å²) in [5, 5.41) is 4.97. The average Bonchev–Trinajstić information content (AvgIpc) is 3.59. The first-order valence-electron chi connectivity index (χ1n) is 18.5. The van der Waals surface area contributed by atoms with Gasteiger partial charge in [-0.25, -0.2) is 0 Å². The molecule has 1 aromatic heterocycles. The Morgan fingerprint density at radius 1 is 0.315 bits per heavy atom. The van der Waals surface area contributed by atoms with Crippen molar-refractivity contribution in [3.05, 3.63) is 218 Å². The first-order chi connectivity index (χ1) is 26.8. The van der Waals surface area contributed by atoms with Crippen LogP contribution in [0.5, 0.6) is 0 Å². The van der Waals surface area contributed by atoms with E-state index in [9.17, 15) is 0 Å². The average molecular weight is 689 g/mol. The van der Waals surface area contributed by atoms with Crippen molar-refractivity contribution in [1.82, 2.24) is 4.57 Å². The molecule has 0 bridgehead atoms. The maximum atomic E-state index is 2.43. The summed E-state index contributed by atoms with van der Waals surface area (Å²) in [7, 11) is 0. The summed E-state index contributed by atoms with van der Waals surface area (Å²) in [5.41, 5.74) is 13.8. The molecule has 0 unspecified atom stereocenters. The highest BCUT2D eigenvalue weighted by Gasteiger charge is 2.20. The number of benzene rings is 9. The first-order valence-corrected chi connectivity index (χ1v) is 18.5. The van der Waals surface area contributed by atoms with Crippen LogP contribution in [0.1, 0.15) is 0 Å². The maximum Gasteiger partial charge on any atom is 0.0546 e. The minimum atomic E-state index is 1.08. The van der Waals surface area contributed by atoms with Gasteiger partial charge in [-0.3, -0.25) is 0 Å². The summed E-state index contributed by atoms with van der Waals surface area (Å²) in [5.74, 6) is 0. The Morgan fingerprint density at radius 2 is 0.870 bits per heavy atom. The Labute approximate surface area is 315 Å². The third-order valence-electron chi connectivity index (χ3n) is 10.6. The second-order valence-corrected chi connectivity index (χ2v) is 13.8. The van der Waals surface area contributed by atoms with Crippen LogP contribution in [0.3, 0.4) is 0 Å². The molecule has 0 fully saturated rings. The Balaban J connectivity index is 1.21. The number of nitrogens with zero attached hydrogens (tertiary/aromatic N) is 2. The quantitative estimate of drug-likeness (QED) is 0.162. The SMILES string of the molecule is c1ccc(-c2ccc(N(c3cccc(-n4c5ccccc5c5ccccc54)c3)c3cc(-c4ccc5ccccc5c4)ccc3-c3ccccc3)cc2)cc1. The molecule has 1 heterocycles. The fourth-order valence-corrected chi connectivity index (χ4v) is 7.96. The predicted molar refractivity (Wildman–Crippen MR) is 229 cm³/mol. The van der Waals surface area contributed by atoms with Gasteiger partial charge >= 0.3 is 0 Å². The number of hydrogen-bond donors (Lipinski definition) is 0. The lowest BCUT2D eigenvalue weighted by Gasteiger charge is -2.29. The molecule has 0 saturated heterocycles. The minimum Gasteiger partial charge on any atom is -0.310 e. The number of aromatic nitrogens is 1. The van der Waals surface area contributed by atoms with Crippen LogP contribution in [0.15, 0.2) is 218 Å². The number of anilines is 3. The van der Waals surface area contributed by atoms with Gasteiger partial charge in [0.2, 0.25) is 0 Å². The second kappa shape index (κ2) is 13.4. The number of fused-ring (bicyclic) bond motifs is 4. The van der Waals surface area contributed by atoms with E-state index in [0.29, 0.717) is 0 Å². The molecule has 9 aromatic carbocycles. The van der Waals surface area contributed by atoms with Crippen molar-refractivity contribution in [1.29, 1.82) is 0 Å². The monoisotopic (exact) mass is 688 g/mol. The van der Waals surface area contributed by atoms with Crippen LogP contribution in [0.2, 0.25) is 0 Å². The van der Waals surface area contributed by atoms with E-state index in [0.717, 1.165) is 28.3 Å². The van der Waals surface area contributed by atoms with Gasteiger partial charge in [0.05, 0.1) is 16.7 Å². The molecule has 0 N–H and O–H groups in total. The summed E-state index contributed by atoms with van der Waals surface area (Å²) in [6.45, 7) is 0. The van der Waals surface area contributed by atoms with E-state index in [4.69, 9.17) is 0 Å². The zero-order chi connectivity index (χ0) is 35.8. The molecule has 0 radical (unpaired) electrons. The number of para-hydroxylation sites is 2. The highest BCUT2D eigenvalue weighted by molar-refractivity contribution is 6.09. The molecule has 0 aliphatic heterocycles. The molecule has 0 aliphatic carbocycles. The van der Waals surface area contributed by atoms with Gasteiger partial charge in [-0.2, -0.15) is 0 Å². The molecule has 0 spiro atoms. The van der Waals surface area contributed by atoms with E-state index < -0.39 is 0 Å². The Hall–Kier alpha value is -7.16. The molecule has 0 saturated carbocycles. The van der Waals surface area contributed by atoms with Gasteiger partial charge in [0, 0.05) is 33.4 Å². The second-order valence-electron chi connectivity index (χ2n) is 13.8. The van der Waals surface area contributed by atoms with Crippen LogP contribution >= 0.6 is 0 Å². The van der Waals surface area contributed by atoms with Crippen molar-refractivity contribution >= 4 is 49.6 Å². The summed E-state index contributed by atoms with van der Waals surface area (Å²) >= 11 is 0. The fraction of sp³-hybridized carbons (Fsp3) is 0. The third kappa shape index (κ3) is 5.62. The lowest BCUT2D eigenvalue weighted by Crippen LogP contribution is -2.12. The molecule has 10 rings (SSSR count). The van der Waals surface area contributed by atoms with Crippen molar-refractivity contribution in [3.8, 4) is 39.1 Å². The topological polar surface area (TPSA) is 8.17 Å². The summed E-state index contributed by atoms with van der Waals surface area (Å²) in [4.78, 5) is 2.43. The van der Waals surface area contributed by atoms with Crippen molar-refractivity contribution in [3.63, 3.8) is 0 Å². The van der Waals surface area contributed by atoms with Gasteiger partial charge in [0.25, 0.3) is 0 Å². The smallest absolute Gasteiger partial charge is 0.0546 e. The van der Waals surface area contributed by atoms with Crippen LogP contribution in [-0.4, -0.2) is 4.57 Å². The van der Waals surface area contributed by atoms with Crippen molar-refractivity contribution in [2.75, 3.05) is 4.90 Å². The third-order valence-corrected chi connectivity index (χ3v) is 10.6. The molecule has 0 amide bonds. The fourth-order valence-electron chi connectivity index (χ4n) is 7.96. The lowest BCUT2D eigenvalue weighted by molar-refractivity contribution is 1.17. The van der Waals surface area contributed by atoms with E-state index in [1.165, 1.54) is 60.4 Å². The van der Waals surface area contributed by atoms with E-state index in [-0.39, 0.29) is 0 Å². The summed E-state index contributed by atoms with van der Waals surface area (Å²) in [6.07, 6.45) is 0. The van der Waals surface area contributed by atoms with Gasteiger partial charge in [-0.1, -0.05) is 164 Å². The van der Waals surface area contributed by atoms with Crippen molar-refractivity contribution < 1.29 is 0 Å². The van der Waals surface area contributed by atoms with E-state index in [1.54, 1.807) is 0 Å². The minimum absolute atomic E-state index is 1.08. The van der Waals surface area contributed by atoms with Gasteiger partial charge in [0.1, 0.15) is 0 Å². The van der Waals surface area contributed by atoms with Crippen LogP contribution in [0, 0.1) is 0 Å². The molecule has 54 heavy (non-hydrogen) atoms. The molecule has 254 valence electrons. The molecule has 0 atom stereocenters. The van der Waals surface area contributed by atoms with Crippen LogP contribution in [0.4, 0.5) is 17.1 Å². The summed E-state index contributed by atoms with van der Waals surface area (Å²) < 4.78 is 2.40. The Morgan fingerprint density at radius 3 is 1.59 bits per heavy atom. The molecule has 0 aliphatic rings. The van der Waals surface area contributed by atoms with E-state index in [1.807, 2.05) is 0 Å². The predicted octanol–water partition coefficient (Wildman–Crippen LogP) is 14.4. The van der Waals surface area contributed by atoms with Gasteiger partial charge in [-0.05, 0) is 93.2 Å². The maximum absolute atomic E-state index is 2.43. The van der Waals surface area contributed by atoms with Crippen LogP contribution < -0.4 is 4.90 Å². The normalized spacial score (nSPS) is 11.3. The van der Waals surface area contributed by atoms with Crippen LogP contribution in [-0.2, 0) is 0 Å². The lowest BCUT2D eigenvalue weighted by atomic mass is 9.95. The standard InChI is InChI=1S/C52H36N2/c1-3-14-37(15-4-1)39-28-31-44(32-29-39)53(45-20-13-21-46(36-45)54-50-24-11-9-22-48(50)49-23-10-12-25-51(49)54)52-35-43(30-33-47(52)40-17-5-2-6-18-40)42-27-26-38-16-7-8-19-41(38)34-42/h1-36H. The highest BCUT2D eigenvalue weighted by atomic mass is 15.1. The number of rotatable bonds is 7. The van der Waals surface area contributed by atoms with E-state index in [2.05, 4.69) is 228 Å². The van der Waals surface area contributed by atoms with Crippen LogP contribution in [0.25, 0.3) is 71.6 Å². The molecule has 10 aromatic rings. The molecular formula is C52H36N2. The first kappa shape index (κ1) is 31.6. The zero-order valence-electron chi connectivity index (χ0n) is 29.7. The Bertz CT molecular complexity index is 2870. The molecular weight excluding hydrogens is 653 g/mol. The molecule has 2 heteroatoms. The zero-order valence-corrected chi connectivity index (χ0v) is 29.7. The molecule has 2 nitrogen and oxygen atoms in total. The highest BCUT2D eigenvalue weighted by Crippen LogP contribution is 2.44. The largest absolute Gasteiger partial charge is 0.310 e. The van der Waals surface area contributed by atoms with Crippen molar-refractivity contribution in [2.45, 2.75) is 0 Å².